The van der Waals surface area contributed by atoms with E-state index in [1.807, 2.05) is 54.6 Å². The molecule has 6 nitrogen and oxygen atoms in total. The number of benzene rings is 2. The van der Waals surface area contributed by atoms with Gasteiger partial charge in [0, 0.05) is 12.5 Å². The van der Waals surface area contributed by atoms with Crippen molar-refractivity contribution in [2.45, 2.75) is 37.3 Å². The molecule has 2 saturated heterocycles. The minimum absolute atomic E-state index is 0.186. The number of hydrogen-bond donors (Lipinski definition) is 0. The second kappa shape index (κ2) is 8.49. The number of fused-ring (bicyclic) bond motifs is 1. The van der Waals surface area contributed by atoms with Crippen molar-refractivity contribution in [3.63, 3.8) is 0 Å². The van der Waals surface area contributed by atoms with Gasteiger partial charge in [-0.1, -0.05) is 42.5 Å². The van der Waals surface area contributed by atoms with Crippen LogP contribution in [0.15, 0.2) is 60.7 Å². The topological polar surface area (TPSA) is 71.1 Å². The first-order valence-corrected chi connectivity index (χ1v) is 9.54. The van der Waals surface area contributed by atoms with Crippen LogP contribution in [0.25, 0.3) is 6.08 Å². The van der Waals surface area contributed by atoms with E-state index in [-0.39, 0.29) is 24.6 Å². The maximum absolute atomic E-state index is 12.4. The standard InChI is InChI=1S/C23H22O6/c1-26-17-10-7-15(8-11-17)9-12-20(24)28-22-18(13-16-5-3-2-4-6-16)27-19-14-21(25)29-23(19)22/h2-12,18-19,22-23H,13-14H2,1H3/b12-9+/t18-,19-,22+,23+/m1/s1. The van der Waals surface area contributed by atoms with Crippen LogP contribution in [-0.2, 0) is 30.2 Å². The van der Waals surface area contributed by atoms with Gasteiger partial charge < -0.3 is 18.9 Å². The minimum atomic E-state index is -0.639. The number of esters is 2. The Balaban J connectivity index is 1.44. The monoisotopic (exact) mass is 394 g/mol. The summed E-state index contributed by atoms with van der Waals surface area (Å²) in [6.07, 6.45) is 1.86. The maximum atomic E-state index is 12.4. The number of methoxy groups -OCH3 is 1. The molecule has 0 unspecified atom stereocenters. The molecule has 0 spiro atoms. The molecule has 29 heavy (non-hydrogen) atoms. The van der Waals surface area contributed by atoms with Gasteiger partial charge in [-0.2, -0.15) is 0 Å². The molecule has 0 bridgehead atoms. The van der Waals surface area contributed by atoms with Gasteiger partial charge in [-0.25, -0.2) is 4.79 Å². The van der Waals surface area contributed by atoms with Crippen molar-refractivity contribution >= 4 is 18.0 Å². The van der Waals surface area contributed by atoms with Crippen LogP contribution in [0.5, 0.6) is 5.75 Å². The Morgan fingerprint density at radius 3 is 2.62 bits per heavy atom. The highest BCUT2D eigenvalue weighted by molar-refractivity contribution is 5.87. The zero-order valence-electron chi connectivity index (χ0n) is 16.0. The van der Waals surface area contributed by atoms with E-state index in [0.717, 1.165) is 16.9 Å². The van der Waals surface area contributed by atoms with Crippen LogP contribution in [0.3, 0.4) is 0 Å². The molecule has 2 aromatic rings. The van der Waals surface area contributed by atoms with Crippen LogP contribution >= 0.6 is 0 Å². The van der Waals surface area contributed by atoms with Crippen LogP contribution in [0, 0.1) is 0 Å². The molecule has 2 aliphatic rings. The molecule has 0 N–H and O–H groups in total. The third-order valence-corrected chi connectivity index (χ3v) is 5.10. The molecule has 0 saturated carbocycles. The molecule has 150 valence electrons. The van der Waals surface area contributed by atoms with Gasteiger partial charge >= 0.3 is 11.9 Å². The highest BCUT2D eigenvalue weighted by Crippen LogP contribution is 2.35. The van der Waals surface area contributed by atoms with E-state index in [1.54, 1.807) is 13.2 Å². The molecule has 0 amide bonds. The molecular formula is C23H22O6. The maximum Gasteiger partial charge on any atom is 0.331 e. The zero-order valence-corrected chi connectivity index (χ0v) is 16.0. The first kappa shape index (κ1) is 19.2. The lowest BCUT2D eigenvalue weighted by Gasteiger charge is -2.21. The highest BCUT2D eigenvalue weighted by Gasteiger charge is 2.53. The lowest BCUT2D eigenvalue weighted by Crippen LogP contribution is -2.37. The quantitative estimate of drug-likeness (QED) is 0.554. The first-order chi connectivity index (χ1) is 14.1. The summed E-state index contributed by atoms with van der Waals surface area (Å²) in [6.45, 7) is 0. The lowest BCUT2D eigenvalue weighted by molar-refractivity contribution is -0.158. The number of carbonyl (C=O) groups is 2. The Labute approximate surface area is 169 Å². The van der Waals surface area contributed by atoms with E-state index in [9.17, 15) is 9.59 Å². The van der Waals surface area contributed by atoms with Crippen LogP contribution in [0.2, 0.25) is 0 Å². The predicted octanol–water partition coefficient (Wildman–Crippen LogP) is 2.95. The summed E-state index contributed by atoms with van der Waals surface area (Å²) in [5.41, 5.74) is 1.91. The Kier molecular flexibility index (Phi) is 5.62. The fraction of sp³-hybridized carbons (Fsp3) is 0.304. The molecule has 4 rings (SSSR count). The van der Waals surface area contributed by atoms with E-state index in [2.05, 4.69) is 0 Å². The summed E-state index contributed by atoms with van der Waals surface area (Å²) < 4.78 is 22.2. The van der Waals surface area contributed by atoms with E-state index in [1.165, 1.54) is 6.08 Å². The molecular weight excluding hydrogens is 372 g/mol. The summed E-state index contributed by atoms with van der Waals surface area (Å²) >= 11 is 0. The second-order valence-corrected chi connectivity index (χ2v) is 7.07. The van der Waals surface area contributed by atoms with Gasteiger partial charge in [0.25, 0.3) is 0 Å². The van der Waals surface area contributed by atoms with Gasteiger partial charge in [0.05, 0.1) is 13.5 Å². The summed E-state index contributed by atoms with van der Waals surface area (Å²) in [7, 11) is 1.60. The Bertz CT molecular complexity index is 889. The second-order valence-electron chi connectivity index (χ2n) is 7.07. The van der Waals surface area contributed by atoms with Crippen molar-refractivity contribution < 1.29 is 28.5 Å². The van der Waals surface area contributed by atoms with E-state index >= 15 is 0 Å². The van der Waals surface area contributed by atoms with Crippen molar-refractivity contribution in [1.29, 1.82) is 0 Å². The molecule has 0 radical (unpaired) electrons. The molecule has 2 aliphatic heterocycles. The van der Waals surface area contributed by atoms with Gasteiger partial charge in [-0.15, -0.1) is 0 Å². The number of rotatable bonds is 6. The van der Waals surface area contributed by atoms with Crippen molar-refractivity contribution in [2.75, 3.05) is 7.11 Å². The van der Waals surface area contributed by atoms with Crippen LogP contribution in [-0.4, -0.2) is 43.5 Å². The average Bonchev–Trinajstić information content (AvgIpc) is 3.24. The lowest BCUT2D eigenvalue weighted by atomic mass is 10.0. The number of ether oxygens (including phenoxy) is 4. The highest BCUT2D eigenvalue weighted by atomic mass is 16.6. The Morgan fingerprint density at radius 2 is 1.90 bits per heavy atom. The normalized spacial score (nSPS) is 25.6. The van der Waals surface area contributed by atoms with Gasteiger partial charge in [-0.05, 0) is 29.3 Å². The minimum Gasteiger partial charge on any atom is -0.497 e. The number of hydrogen-bond acceptors (Lipinski definition) is 6. The van der Waals surface area contributed by atoms with Crippen molar-refractivity contribution in [3.05, 3.63) is 71.8 Å². The third-order valence-electron chi connectivity index (χ3n) is 5.10. The Morgan fingerprint density at radius 1 is 1.14 bits per heavy atom. The fourth-order valence-electron chi connectivity index (χ4n) is 3.68. The van der Waals surface area contributed by atoms with E-state index < -0.39 is 18.2 Å². The van der Waals surface area contributed by atoms with Gasteiger partial charge in [-0.3, -0.25) is 4.79 Å². The van der Waals surface area contributed by atoms with Gasteiger partial charge in [0.2, 0.25) is 0 Å². The van der Waals surface area contributed by atoms with E-state index in [0.29, 0.717) is 6.42 Å². The van der Waals surface area contributed by atoms with Crippen LogP contribution < -0.4 is 4.74 Å². The summed E-state index contributed by atoms with van der Waals surface area (Å²) in [4.78, 5) is 24.1. The van der Waals surface area contributed by atoms with Gasteiger partial charge in [0.1, 0.15) is 18.0 Å². The molecule has 2 aromatic carbocycles. The molecule has 2 fully saturated rings. The molecule has 4 atom stereocenters. The third kappa shape index (κ3) is 4.49. The van der Waals surface area contributed by atoms with Gasteiger partial charge in [0.15, 0.2) is 12.2 Å². The zero-order chi connectivity index (χ0) is 20.2. The van der Waals surface area contributed by atoms with Crippen LogP contribution in [0.1, 0.15) is 17.5 Å². The summed E-state index contributed by atoms with van der Waals surface area (Å²) in [5, 5.41) is 0. The number of carbonyl (C=O) groups excluding carboxylic acids is 2. The summed E-state index contributed by atoms with van der Waals surface area (Å²) in [6, 6.07) is 17.1. The van der Waals surface area contributed by atoms with Crippen molar-refractivity contribution in [1.82, 2.24) is 0 Å². The summed E-state index contributed by atoms with van der Waals surface area (Å²) in [5.74, 6) is -0.0882. The molecule has 6 heteroatoms. The molecule has 0 aliphatic carbocycles. The fourth-order valence-corrected chi connectivity index (χ4v) is 3.68. The Hall–Kier alpha value is -3.12. The smallest absolute Gasteiger partial charge is 0.331 e. The van der Waals surface area contributed by atoms with Crippen molar-refractivity contribution in [3.8, 4) is 5.75 Å². The van der Waals surface area contributed by atoms with E-state index in [4.69, 9.17) is 18.9 Å². The predicted molar refractivity (Wildman–Crippen MR) is 105 cm³/mol. The van der Waals surface area contributed by atoms with Crippen LogP contribution in [0.4, 0.5) is 0 Å². The molecule has 2 heterocycles. The van der Waals surface area contributed by atoms with Crippen molar-refractivity contribution in [2.24, 2.45) is 0 Å². The first-order valence-electron chi connectivity index (χ1n) is 9.54. The average molecular weight is 394 g/mol. The molecule has 0 aromatic heterocycles. The SMILES string of the molecule is COc1ccc(/C=C/C(=O)O[C@@H]2[C@H]3OC(=O)C[C@H]3O[C@@H]2Cc2ccccc2)cc1. The largest absolute Gasteiger partial charge is 0.497 e.